The summed E-state index contributed by atoms with van der Waals surface area (Å²) in [4.78, 5) is 23.4. The molecule has 1 N–H and O–H groups in total. The zero-order valence-electron chi connectivity index (χ0n) is 17.3. The molecule has 0 spiro atoms. The van der Waals surface area contributed by atoms with Gasteiger partial charge in [-0.1, -0.05) is 25.2 Å². The third kappa shape index (κ3) is 4.62. The molecule has 158 valence electrons. The molecule has 0 saturated carbocycles. The molecule has 2 atom stereocenters. The Kier molecular flexibility index (Phi) is 6.01. The number of amides is 1. The van der Waals surface area contributed by atoms with Gasteiger partial charge in [0.1, 0.15) is 16.9 Å². The van der Waals surface area contributed by atoms with E-state index < -0.39 is 6.17 Å². The van der Waals surface area contributed by atoms with E-state index in [4.69, 9.17) is 0 Å². The SMILES string of the molecule is Cc1nnc(-c2ccc3cnc(CC(=O)N4CC[C@@H](NC(C)C)[C@H](F)C4)cc3n2)s1. The van der Waals surface area contributed by atoms with E-state index in [1.54, 1.807) is 11.1 Å². The molecule has 0 unspecified atom stereocenters. The number of halogens is 1. The van der Waals surface area contributed by atoms with Gasteiger partial charge >= 0.3 is 0 Å². The predicted octanol–water partition coefficient (Wildman–Crippen LogP) is 2.94. The quantitative estimate of drug-likeness (QED) is 0.673. The van der Waals surface area contributed by atoms with Crippen LogP contribution in [-0.2, 0) is 11.2 Å². The lowest BCUT2D eigenvalue weighted by atomic mass is 10.0. The first-order chi connectivity index (χ1) is 14.4. The summed E-state index contributed by atoms with van der Waals surface area (Å²) in [6, 6.07) is 5.68. The lowest BCUT2D eigenvalue weighted by Gasteiger charge is -2.36. The molecule has 9 heteroatoms. The summed E-state index contributed by atoms with van der Waals surface area (Å²) in [6.45, 7) is 6.58. The van der Waals surface area contributed by atoms with Gasteiger partial charge in [-0.3, -0.25) is 9.78 Å². The number of aryl methyl sites for hydroxylation is 1. The van der Waals surface area contributed by atoms with Crippen LogP contribution in [0, 0.1) is 6.92 Å². The van der Waals surface area contributed by atoms with Gasteiger partial charge in [0.05, 0.1) is 24.2 Å². The number of likely N-dealkylation sites (tertiary alicyclic amines) is 1. The van der Waals surface area contributed by atoms with E-state index in [9.17, 15) is 9.18 Å². The first-order valence-corrected chi connectivity index (χ1v) is 10.9. The molecular formula is C21H25FN6OS. The monoisotopic (exact) mass is 428 g/mol. The number of carbonyl (C=O) groups excluding carboxylic acids is 1. The number of nitrogens with zero attached hydrogens (tertiary/aromatic N) is 5. The summed E-state index contributed by atoms with van der Waals surface area (Å²) in [6.07, 6.45) is 1.41. The highest BCUT2D eigenvalue weighted by Crippen LogP contribution is 2.24. The van der Waals surface area contributed by atoms with Crippen molar-refractivity contribution >= 4 is 28.1 Å². The van der Waals surface area contributed by atoms with Crippen molar-refractivity contribution in [1.82, 2.24) is 30.4 Å². The van der Waals surface area contributed by atoms with Crippen LogP contribution in [0.2, 0.25) is 0 Å². The fraction of sp³-hybridized carbons (Fsp3) is 0.476. The van der Waals surface area contributed by atoms with Gasteiger partial charge in [-0.05, 0) is 31.5 Å². The summed E-state index contributed by atoms with van der Waals surface area (Å²) >= 11 is 1.49. The van der Waals surface area contributed by atoms with Crippen LogP contribution in [0.25, 0.3) is 21.6 Å². The van der Waals surface area contributed by atoms with Crippen LogP contribution in [0.5, 0.6) is 0 Å². The van der Waals surface area contributed by atoms with Crippen molar-refractivity contribution in [1.29, 1.82) is 0 Å². The highest BCUT2D eigenvalue weighted by atomic mass is 32.1. The molecule has 0 radical (unpaired) electrons. The van der Waals surface area contributed by atoms with Crippen molar-refractivity contribution in [2.45, 2.75) is 51.9 Å². The molecule has 0 aliphatic carbocycles. The van der Waals surface area contributed by atoms with Crippen LogP contribution in [0.15, 0.2) is 24.4 Å². The van der Waals surface area contributed by atoms with Crippen LogP contribution < -0.4 is 5.32 Å². The molecule has 1 aliphatic heterocycles. The highest BCUT2D eigenvalue weighted by Gasteiger charge is 2.31. The molecule has 0 aromatic carbocycles. The maximum Gasteiger partial charge on any atom is 0.228 e. The lowest BCUT2D eigenvalue weighted by molar-refractivity contribution is -0.133. The molecular weight excluding hydrogens is 403 g/mol. The number of hydrogen-bond acceptors (Lipinski definition) is 7. The minimum Gasteiger partial charge on any atom is -0.339 e. The molecule has 7 nitrogen and oxygen atoms in total. The van der Waals surface area contributed by atoms with E-state index >= 15 is 0 Å². The third-order valence-electron chi connectivity index (χ3n) is 5.15. The number of hydrogen-bond donors (Lipinski definition) is 1. The molecule has 3 aromatic heterocycles. The van der Waals surface area contributed by atoms with Gasteiger partial charge < -0.3 is 10.2 Å². The number of aromatic nitrogens is 4. The molecule has 3 aromatic rings. The maximum absolute atomic E-state index is 14.5. The molecule has 30 heavy (non-hydrogen) atoms. The summed E-state index contributed by atoms with van der Waals surface area (Å²) in [5, 5.41) is 14.0. The average molecular weight is 429 g/mol. The second-order valence-corrected chi connectivity index (χ2v) is 9.12. The topological polar surface area (TPSA) is 83.9 Å². The number of nitrogens with one attached hydrogen (secondary N) is 1. The average Bonchev–Trinajstić information content (AvgIpc) is 3.15. The summed E-state index contributed by atoms with van der Waals surface area (Å²) in [5.74, 6) is -0.108. The van der Waals surface area contributed by atoms with Gasteiger partial charge in [0.25, 0.3) is 0 Å². The van der Waals surface area contributed by atoms with Crippen LogP contribution in [0.3, 0.4) is 0 Å². The third-order valence-corrected chi connectivity index (χ3v) is 6.01. The van der Waals surface area contributed by atoms with Crippen molar-refractivity contribution in [3.8, 4) is 10.7 Å². The summed E-state index contributed by atoms with van der Waals surface area (Å²) in [7, 11) is 0. The number of pyridine rings is 2. The van der Waals surface area contributed by atoms with Gasteiger partial charge in [-0.15, -0.1) is 10.2 Å². The molecule has 1 fully saturated rings. The van der Waals surface area contributed by atoms with Crippen molar-refractivity contribution in [3.05, 3.63) is 35.1 Å². The molecule has 1 aliphatic rings. The van der Waals surface area contributed by atoms with E-state index in [2.05, 4.69) is 25.5 Å². The highest BCUT2D eigenvalue weighted by molar-refractivity contribution is 7.14. The van der Waals surface area contributed by atoms with Gasteiger partial charge in [0.15, 0.2) is 5.01 Å². The second-order valence-electron chi connectivity index (χ2n) is 7.94. The fourth-order valence-electron chi connectivity index (χ4n) is 3.69. The molecule has 4 heterocycles. The number of fused-ring (bicyclic) bond motifs is 1. The largest absolute Gasteiger partial charge is 0.339 e. The fourth-order valence-corrected chi connectivity index (χ4v) is 4.35. The number of carbonyl (C=O) groups is 1. The van der Waals surface area contributed by atoms with E-state index in [1.165, 1.54) is 11.3 Å². The van der Waals surface area contributed by atoms with Crippen LogP contribution in [0.4, 0.5) is 4.39 Å². The number of alkyl halides is 1. The smallest absolute Gasteiger partial charge is 0.228 e. The Balaban J connectivity index is 1.46. The van der Waals surface area contributed by atoms with E-state index in [0.29, 0.717) is 18.7 Å². The van der Waals surface area contributed by atoms with Crippen molar-refractivity contribution in [2.75, 3.05) is 13.1 Å². The summed E-state index contributed by atoms with van der Waals surface area (Å²) in [5.41, 5.74) is 2.13. The Hall–Kier alpha value is -2.52. The van der Waals surface area contributed by atoms with Crippen molar-refractivity contribution in [2.24, 2.45) is 0 Å². The normalized spacial score (nSPS) is 19.6. The van der Waals surface area contributed by atoms with E-state index in [0.717, 1.165) is 26.6 Å². The van der Waals surface area contributed by atoms with Crippen molar-refractivity contribution in [3.63, 3.8) is 0 Å². The molecule has 1 amide bonds. The first kappa shape index (κ1) is 20.7. The first-order valence-electron chi connectivity index (χ1n) is 10.1. The standard InChI is InChI=1S/C21H25FN6OS/c1-12(2)24-17-6-7-28(11-16(17)22)20(29)9-15-8-19-14(10-23-15)4-5-18(25-19)21-27-26-13(3)30-21/h4-5,8,10,12,16-17,24H,6-7,9,11H2,1-3H3/t16-,17-/m1/s1. The second kappa shape index (κ2) is 8.69. The van der Waals surface area contributed by atoms with Crippen LogP contribution in [-0.4, -0.2) is 62.3 Å². The Morgan fingerprint density at radius 1 is 1.37 bits per heavy atom. The van der Waals surface area contributed by atoms with Crippen molar-refractivity contribution < 1.29 is 9.18 Å². The van der Waals surface area contributed by atoms with Crippen LogP contribution >= 0.6 is 11.3 Å². The Labute approximate surface area is 178 Å². The Morgan fingerprint density at radius 2 is 2.20 bits per heavy atom. The minimum absolute atomic E-state index is 0.108. The predicted molar refractivity (Wildman–Crippen MR) is 115 cm³/mol. The van der Waals surface area contributed by atoms with E-state index in [-0.39, 0.29) is 31.0 Å². The lowest BCUT2D eigenvalue weighted by Crippen LogP contribution is -2.54. The van der Waals surface area contributed by atoms with E-state index in [1.807, 2.05) is 39.0 Å². The number of rotatable bonds is 5. The Bertz CT molecular complexity index is 1050. The molecule has 0 bridgehead atoms. The van der Waals surface area contributed by atoms with Gasteiger partial charge in [-0.2, -0.15) is 0 Å². The minimum atomic E-state index is -1.06. The maximum atomic E-state index is 14.5. The van der Waals surface area contributed by atoms with Gasteiger partial charge in [0.2, 0.25) is 5.91 Å². The van der Waals surface area contributed by atoms with Crippen LogP contribution in [0.1, 0.15) is 31.0 Å². The summed E-state index contributed by atoms with van der Waals surface area (Å²) < 4.78 is 14.5. The molecule has 4 rings (SSSR count). The zero-order chi connectivity index (χ0) is 21.3. The molecule has 1 saturated heterocycles. The zero-order valence-corrected chi connectivity index (χ0v) is 18.1. The Morgan fingerprint density at radius 3 is 2.90 bits per heavy atom. The van der Waals surface area contributed by atoms with Gasteiger partial charge in [0, 0.05) is 30.2 Å². The van der Waals surface area contributed by atoms with Gasteiger partial charge in [-0.25, -0.2) is 9.37 Å². The number of piperidine rings is 1.